The molecule has 219 valence electrons. The second kappa shape index (κ2) is 14.8. The molecule has 0 fully saturated rings. The van der Waals surface area contributed by atoms with Gasteiger partial charge < -0.3 is 9.97 Å². The molecular weight excluding hydrogens is 552 g/mol. The van der Waals surface area contributed by atoms with Crippen molar-refractivity contribution in [2.24, 2.45) is 0 Å². The molecule has 8 bridgehead atoms. The van der Waals surface area contributed by atoms with Crippen molar-refractivity contribution in [3.8, 4) is 0 Å². The van der Waals surface area contributed by atoms with Gasteiger partial charge in [0.05, 0.1) is 22.8 Å². The maximum Gasteiger partial charge on any atom is 2.00 e. The minimum Gasteiger partial charge on any atom is -0.657 e. The van der Waals surface area contributed by atoms with Gasteiger partial charge in [-0.1, -0.05) is 77.6 Å². The van der Waals surface area contributed by atoms with Crippen LogP contribution in [0.1, 0.15) is 124 Å². The third kappa shape index (κ3) is 6.96. The van der Waals surface area contributed by atoms with Gasteiger partial charge in [0.25, 0.3) is 0 Å². The van der Waals surface area contributed by atoms with E-state index in [4.69, 9.17) is 19.9 Å². The first kappa shape index (κ1) is 31.1. The Morgan fingerprint density at radius 2 is 0.683 bits per heavy atom. The van der Waals surface area contributed by atoms with Crippen molar-refractivity contribution < 1.29 is 17.1 Å². The van der Waals surface area contributed by atoms with Gasteiger partial charge in [-0.15, -0.1) is 22.1 Å². The van der Waals surface area contributed by atoms with Gasteiger partial charge in [-0.3, -0.25) is 0 Å². The van der Waals surface area contributed by atoms with Crippen LogP contribution in [0, 0.1) is 0 Å². The molecule has 0 aliphatic carbocycles. The van der Waals surface area contributed by atoms with Gasteiger partial charge in [0, 0.05) is 0 Å². The predicted molar refractivity (Wildman–Crippen MR) is 171 cm³/mol. The number of hydrogen-bond acceptors (Lipinski definition) is 2. The van der Waals surface area contributed by atoms with E-state index < -0.39 is 0 Å². The Labute approximate surface area is 256 Å². The van der Waals surface area contributed by atoms with Crippen LogP contribution >= 0.6 is 0 Å². The molecule has 1 radical (unpaired) electrons. The van der Waals surface area contributed by atoms with E-state index in [1.165, 1.54) is 22.3 Å². The Morgan fingerprint density at radius 1 is 0.439 bits per heavy atom. The summed E-state index contributed by atoms with van der Waals surface area (Å²) in [6.45, 7) is 9.00. The van der Waals surface area contributed by atoms with Crippen molar-refractivity contribution in [2.45, 2.75) is 105 Å². The molecule has 0 saturated carbocycles. The molecule has 3 aromatic rings. The van der Waals surface area contributed by atoms with Crippen molar-refractivity contribution in [1.29, 1.82) is 0 Å². The standard InChI is InChI=1S/C36H44N4.Cu/c1-5-9-13-25-29-17-19-31(37-29)26(14-10-6-2)33-21-23-35(39-33)28(16-12-8-4)36-24-22-34(40-36)27(15-11-7-3)32-20-18-30(25)38-32;/h17-24H,5-16H2,1-4H3;/q-2;+2. The van der Waals surface area contributed by atoms with Gasteiger partial charge >= 0.3 is 17.1 Å². The van der Waals surface area contributed by atoms with Gasteiger partial charge in [-0.2, -0.15) is 0 Å². The van der Waals surface area contributed by atoms with Crippen LogP contribution in [0.15, 0.2) is 24.3 Å². The fourth-order valence-electron chi connectivity index (χ4n) is 5.76. The van der Waals surface area contributed by atoms with Crippen LogP contribution in [-0.4, -0.2) is 9.97 Å². The molecule has 5 heteroatoms. The van der Waals surface area contributed by atoms with Crippen LogP contribution in [0.25, 0.3) is 46.4 Å². The molecule has 0 spiro atoms. The minimum absolute atomic E-state index is 0. The molecule has 5 heterocycles. The van der Waals surface area contributed by atoms with Crippen molar-refractivity contribution in [3.05, 3.63) is 69.3 Å². The molecule has 2 aliphatic heterocycles. The largest absolute Gasteiger partial charge is 2.00 e. The Kier molecular flexibility index (Phi) is 11.2. The molecule has 0 aromatic carbocycles. The maximum atomic E-state index is 5.24. The Hall–Kier alpha value is -2.88. The molecule has 5 rings (SSSR count). The molecule has 0 unspecified atom stereocenters. The van der Waals surface area contributed by atoms with E-state index in [-0.39, 0.29) is 17.1 Å². The van der Waals surface area contributed by atoms with Crippen LogP contribution in [-0.2, 0) is 42.8 Å². The number of rotatable bonds is 12. The second-order valence-electron chi connectivity index (χ2n) is 11.2. The van der Waals surface area contributed by atoms with E-state index in [0.717, 1.165) is 122 Å². The number of fused-ring (bicyclic) bond motifs is 8. The minimum atomic E-state index is 0. The zero-order valence-electron chi connectivity index (χ0n) is 25.2. The summed E-state index contributed by atoms with van der Waals surface area (Å²) in [5.41, 5.74) is 13.4. The summed E-state index contributed by atoms with van der Waals surface area (Å²) < 4.78 is 0. The molecule has 41 heavy (non-hydrogen) atoms. The SMILES string of the molecule is CCCCc1c2nc(c(CCCC)c3ccc([n-]3)c(CCCC)c3nc(c(CCCC)c4ccc1[n-]4)C=C3)C=C2.[Cu+2]. The fourth-order valence-corrected chi connectivity index (χ4v) is 5.76. The summed E-state index contributed by atoms with van der Waals surface area (Å²) in [4.78, 5) is 21.0. The van der Waals surface area contributed by atoms with Gasteiger partial charge in [0.2, 0.25) is 0 Å². The molecule has 4 nitrogen and oxygen atoms in total. The number of aromatic nitrogens is 4. The van der Waals surface area contributed by atoms with Crippen LogP contribution < -0.4 is 9.97 Å². The zero-order valence-corrected chi connectivity index (χ0v) is 26.1. The fraction of sp³-hybridized carbons (Fsp3) is 0.444. The summed E-state index contributed by atoms with van der Waals surface area (Å²) in [6.07, 6.45) is 21.8. The van der Waals surface area contributed by atoms with Gasteiger partial charge in [0.1, 0.15) is 0 Å². The van der Waals surface area contributed by atoms with Crippen LogP contribution in [0.2, 0.25) is 0 Å². The van der Waals surface area contributed by atoms with E-state index in [9.17, 15) is 0 Å². The molecule has 3 aromatic heterocycles. The average molecular weight is 596 g/mol. The first-order valence-electron chi connectivity index (χ1n) is 15.7. The molecule has 0 atom stereocenters. The molecule has 0 amide bonds. The molecule has 0 N–H and O–H groups in total. The summed E-state index contributed by atoms with van der Waals surface area (Å²) in [5, 5.41) is 0. The molecular formula is C36H44CuN4. The van der Waals surface area contributed by atoms with Crippen LogP contribution in [0.4, 0.5) is 0 Å². The van der Waals surface area contributed by atoms with E-state index in [2.05, 4.69) is 76.3 Å². The first-order valence-corrected chi connectivity index (χ1v) is 15.7. The van der Waals surface area contributed by atoms with Crippen molar-refractivity contribution in [1.82, 2.24) is 19.9 Å². The Balaban J connectivity index is 0.00000387. The monoisotopic (exact) mass is 595 g/mol. The van der Waals surface area contributed by atoms with Crippen molar-refractivity contribution in [2.75, 3.05) is 0 Å². The molecule has 2 aliphatic rings. The van der Waals surface area contributed by atoms with E-state index in [1.54, 1.807) is 0 Å². The number of unbranched alkanes of at least 4 members (excludes halogenated alkanes) is 4. The summed E-state index contributed by atoms with van der Waals surface area (Å²) in [6, 6.07) is 8.81. The quantitative estimate of drug-likeness (QED) is 0.135. The smallest absolute Gasteiger partial charge is 0.657 e. The maximum absolute atomic E-state index is 5.24. The third-order valence-corrected chi connectivity index (χ3v) is 8.15. The van der Waals surface area contributed by atoms with E-state index in [0.29, 0.717) is 0 Å². The van der Waals surface area contributed by atoms with Gasteiger partial charge in [-0.05, 0) is 97.9 Å². The van der Waals surface area contributed by atoms with Gasteiger partial charge in [0.15, 0.2) is 0 Å². The summed E-state index contributed by atoms with van der Waals surface area (Å²) >= 11 is 0. The normalized spacial score (nSPS) is 12.2. The predicted octanol–water partition coefficient (Wildman–Crippen LogP) is 9.28. The van der Waals surface area contributed by atoms with Crippen molar-refractivity contribution in [3.63, 3.8) is 0 Å². The third-order valence-electron chi connectivity index (χ3n) is 8.15. The van der Waals surface area contributed by atoms with E-state index in [1.807, 2.05) is 0 Å². The summed E-state index contributed by atoms with van der Waals surface area (Å²) in [5.74, 6) is 0. The van der Waals surface area contributed by atoms with E-state index >= 15 is 0 Å². The Morgan fingerprint density at radius 3 is 0.902 bits per heavy atom. The summed E-state index contributed by atoms with van der Waals surface area (Å²) in [7, 11) is 0. The van der Waals surface area contributed by atoms with Crippen LogP contribution in [0.5, 0.6) is 0 Å². The average Bonchev–Trinajstić information content (AvgIpc) is 3.78. The van der Waals surface area contributed by atoms with Crippen LogP contribution in [0.3, 0.4) is 0 Å². The number of aryl methyl sites for hydroxylation is 4. The first-order chi connectivity index (χ1) is 19.7. The Bertz CT molecular complexity index is 1330. The molecule has 0 saturated heterocycles. The zero-order chi connectivity index (χ0) is 27.9. The number of nitrogens with zero attached hydrogens (tertiary/aromatic N) is 4. The van der Waals surface area contributed by atoms with Crippen molar-refractivity contribution >= 4 is 46.4 Å². The number of hydrogen-bond donors (Lipinski definition) is 0. The second-order valence-corrected chi connectivity index (χ2v) is 11.2. The topological polar surface area (TPSA) is 54.0 Å². The van der Waals surface area contributed by atoms with Gasteiger partial charge in [-0.25, -0.2) is 9.97 Å².